The molecule has 0 fully saturated rings. The third kappa shape index (κ3) is 4.63. The van der Waals surface area contributed by atoms with Crippen molar-refractivity contribution >= 4 is 0 Å². The monoisotopic (exact) mass is 187 g/mol. The van der Waals surface area contributed by atoms with Crippen LogP contribution in [0.2, 0.25) is 0 Å². The molecule has 2 heteroatoms. The summed E-state index contributed by atoms with van der Waals surface area (Å²) in [5.74, 6) is 0. The molecule has 0 spiro atoms. The molecule has 1 N–H and O–H groups in total. The fourth-order valence-corrected chi connectivity index (χ4v) is 1.26. The fourth-order valence-electron chi connectivity index (χ4n) is 1.26. The van der Waals surface area contributed by atoms with Crippen LogP contribution in [-0.2, 0) is 0 Å². The van der Waals surface area contributed by atoms with Crippen molar-refractivity contribution in [3.8, 4) is 0 Å². The Labute approximate surface area is 82.9 Å². The first-order chi connectivity index (χ1) is 5.94. The number of β-amino-alcohol motifs (C(OH)–C–C–N with tert-alkyl or cyclic N) is 1. The van der Waals surface area contributed by atoms with Crippen molar-refractivity contribution < 1.29 is 5.11 Å². The van der Waals surface area contributed by atoms with E-state index in [4.69, 9.17) is 0 Å². The number of likely N-dealkylation sites (N-methyl/N-ethyl adjacent to an activating group) is 1. The second-order valence-electron chi connectivity index (χ2n) is 4.49. The first-order valence-corrected chi connectivity index (χ1v) is 5.33. The van der Waals surface area contributed by atoms with Crippen LogP contribution in [-0.4, -0.2) is 35.2 Å². The van der Waals surface area contributed by atoms with Gasteiger partial charge in [-0.25, -0.2) is 0 Å². The Morgan fingerprint density at radius 1 is 1.31 bits per heavy atom. The molecule has 0 aliphatic carbocycles. The number of nitrogens with zero attached hydrogens (tertiary/aromatic N) is 1. The molecule has 0 radical (unpaired) electrons. The largest absolute Gasteiger partial charge is 0.392 e. The van der Waals surface area contributed by atoms with E-state index in [0.717, 1.165) is 25.8 Å². The summed E-state index contributed by atoms with van der Waals surface area (Å²) in [6.07, 6.45) is 2.91. The lowest BCUT2D eigenvalue weighted by Gasteiger charge is -2.36. The Morgan fingerprint density at radius 3 is 2.23 bits per heavy atom. The quantitative estimate of drug-likeness (QED) is 0.689. The number of rotatable bonds is 6. The Balaban J connectivity index is 3.91. The van der Waals surface area contributed by atoms with Gasteiger partial charge in [-0.2, -0.15) is 0 Å². The SMILES string of the molecule is CCCC(O)CN(C)C(C)(C)CC. The maximum absolute atomic E-state index is 9.64. The Kier molecular flexibility index (Phi) is 5.57. The minimum absolute atomic E-state index is 0.166. The van der Waals surface area contributed by atoms with Crippen molar-refractivity contribution in [3.05, 3.63) is 0 Å². The van der Waals surface area contributed by atoms with Gasteiger partial charge >= 0.3 is 0 Å². The molecule has 80 valence electrons. The van der Waals surface area contributed by atoms with Crippen LogP contribution in [0.25, 0.3) is 0 Å². The Morgan fingerprint density at radius 2 is 1.85 bits per heavy atom. The van der Waals surface area contributed by atoms with Gasteiger partial charge < -0.3 is 5.11 Å². The molecule has 0 heterocycles. The Hall–Kier alpha value is -0.0800. The van der Waals surface area contributed by atoms with Crippen LogP contribution in [0.5, 0.6) is 0 Å². The average Bonchev–Trinajstić information content (AvgIpc) is 2.04. The fraction of sp³-hybridized carbons (Fsp3) is 1.00. The number of hydrogen-bond acceptors (Lipinski definition) is 2. The highest BCUT2D eigenvalue weighted by Gasteiger charge is 2.22. The van der Waals surface area contributed by atoms with Crippen LogP contribution >= 0.6 is 0 Å². The molecule has 0 saturated heterocycles. The van der Waals surface area contributed by atoms with Gasteiger partial charge in [0.15, 0.2) is 0 Å². The van der Waals surface area contributed by atoms with Crippen molar-refractivity contribution in [2.75, 3.05) is 13.6 Å². The van der Waals surface area contributed by atoms with Gasteiger partial charge in [-0.05, 0) is 33.7 Å². The summed E-state index contributed by atoms with van der Waals surface area (Å²) in [5, 5.41) is 9.64. The molecule has 0 aromatic heterocycles. The van der Waals surface area contributed by atoms with Gasteiger partial charge in [0.2, 0.25) is 0 Å². The second-order valence-corrected chi connectivity index (χ2v) is 4.49. The second kappa shape index (κ2) is 5.61. The molecule has 0 aromatic rings. The molecule has 1 atom stereocenters. The molecule has 0 aromatic carbocycles. The van der Waals surface area contributed by atoms with Gasteiger partial charge in [0.1, 0.15) is 0 Å². The van der Waals surface area contributed by atoms with E-state index in [0.29, 0.717) is 0 Å². The lowest BCUT2D eigenvalue weighted by molar-refractivity contribution is 0.0640. The third-order valence-corrected chi connectivity index (χ3v) is 3.01. The normalized spacial score (nSPS) is 15.0. The molecular formula is C11H25NO. The van der Waals surface area contributed by atoms with Gasteiger partial charge in [0, 0.05) is 12.1 Å². The van der Waals surface area contributed by atoms with E-state index in [-0.39, 0.29) is 11.6 Å². The molecule has 0 rings (SSSR count). The smallest absolute Gasteiger partial charge is 0.0667 e. The predicted octanol–water partition coefficient (Wildman–Crippen LogP) is 2.27. The van der Waals surface area contributed by atoms with Crippen LogP contribution in [0.4, 0.5) is 0 Å². The summed E-state index contributed by atoms with van der Waals surface area (Å²) in [4.78, 5) is 2.24. The summed E-state index contributed by atoms with van der Waals surface area (Å²) in [6, 6.07) is 0. The van der Waals surface area contributed by atoms with Crippen molar-refractivity contribution in [2.24, 2.45) is 0 Å². The molecule has 0 amide bonds. The zero-order valence-corrected chi connectivity index (χ0v) is 9.80. The number of aliphatic hydroxyl groups is 1. The van der Waals surface area contributed by atoms with E-state index in [1.165, 1.54) is 0 Å². The lowest BCUT2D eigenvalue weighted by atomic mass is 9.99. The highest BCUT2D eigenvalue weighted by atomic mass is 16.3. The van der Waals surface area contributed by atoms with Gasteiger partial charge in [-0.1, -0.05) is 20.3 Å². The van der Waals surface area contributed by atoms with Gasteiger partial charge in [-0.15, -0.1) is 0 Å². The molecular weight excluding hydrogens is 162 g/mol. The average molecular weight is 187 g/mol. The van der Waals surface area contributed by atoms with Crippen LogP contribution < -0.4 is 0 Å². The third-order valence-electron chi connectivity index (χ3n) is 3.01. The maximum atomic E-state index is 9.64. The summed E-state index contributed by atoms with van der Waals surface area (Å²) < 4.78 is 0. The predicted molar refractivity (Wildman–Crippen MR) is 57.9 cm³/mol. The molecule has 1 unspecified atom stereocenters. The zero-order chi connectivity index (χ0) is 10.5. The zero-order valence-electron chi connectivity index (χ0n) is 9.80. The van der Waals surface area contributed by atoms with E-state index in [2.05, 4.69) is 39.6 Å². The molecule has 0 bridgehead atoms. The first-order valence-electron chi connectivity index (χ1n) is 5.33. The van der Waals surface area contributed by atoms with Crippen molar-refractivity contribution in [2.45, 2.75) is 58.6 Å². The van der Waals surface area contributed by atoms with Crippen molar-refractivity contribution in [1.82, 2.24) is 4.90 Å². The van der Waals surface area contributed by atoms with Crippen molar-refractivity contribution in [3.63, 3.8) is 0 Å². The van der Waals surface area contributed by atoms with Crippen LogP contribution in [0, 0.1) is 0 Å². The van der Waals surface area contributed by atoms with E-state index < -0.39 is 0 Å². The highest BCUT2D eigenvalue weighted by molar-refractivity contribution is 4.78. The molecule has 13 heavy (non-hydrogen) atoms. The summed E-state index contributed by atoms with van der Waals surface area (Å²) in [5.41, 5.74) is 0.203. The standard InChI is InChI=1S/C11H25NO/c1-6-8-10(13)9-12(5)11(3,4)7-2/h10,13H,6-9H2,1-5H3. The van der Waals surface area contributed by atoms with Crippen LogP contribution in [0.3, 0.4) is 0 Å². The summed E-state index contributed by atoms with van der Waals surface area (Å²) in [6.45, 7) is 9.50. The van der Waals surface area contributed by atoms with E-state index >= 15 is 0 Å². The van der Waals surface area contributed by atoms with Gasteiger partial charge in [0.05, 0.1) is 6.10 Å². The topological polar surface area (TPSA) is 23.5 Å². The summed E-state index contributed by atoms with van der Waals surface area (Å²) in [7, 11) is 2.09. The Bertz CT molecular complexity index is 134. The van der Waals surface area contributed by atoms with Gasteiger partial charge in [0.25, 0.3) is 0 Å². The van der Waals surface area contributed by atoms with Crippen molar-refractivity contribution in [1.29, 1.82) is 0 Å². The number of hydrogen-bond donors (Lipinski definition) is 1. The molecule has 0 aliphatic rings. The molecule has 2 nitrogen and oxygen atoms in total. The maximum Gasteiger partial charge on any atom is 0.0667 e. The molecule has 0 aliphatic heterocycles. The van der Waals surface area contributed by atoms with E-state index in [1.807, 2.05) is 0 Å². The first kappa shape index (κ1) is 12.9. The molecule has 0 saturated carbocycles. The lowest BCUT2D eigenvalue weighted by Crippen LogP contribution is -2.44. The van der Waals surface area contributed by atoms with Crippen LogP contribution in [0.15, 0.2) is 0 Å². The van der Waals surface area contributed by atoms with E-state index in [9.17, 15) is 5.11 Å². The summed E-state index contributed by atoms with van der Waals surface area (Å²) >= 11 is 0. The highest BCUT2D eigenvalue weighted by Crippen LogP contribution is 2.17. The minimum Gasteiger partial charge on any atom is -0.392 e. The van der Waals surface area contributed by atoms with E-state index in [1.54, 1.807) is 0 Å². The van der Waals surface area contributed by atoms with Crippen LogP contribution in [0.1, 0.15) is 47.0 Å². The number of aliphatic hydroxyl groups excluding tert-OH is 1. The minimum atomic E-state index is -0.166. The van der Waals surface area contributed by atoms with Gasteiger partial charge in [-0.3, -0.25) is 4.90 Å².